The van der Waals surface area contributed by atoms with Crippen LogP contribution in [0.3, 0.4) is 0 Å². The minimum atomic E-state index is -0.910. The van der Waals surface area contributed by atoms with Crippen molar-refractivity contribution in [3.8, 4) is 0 Å². The molecular weight excluding hydrogens is 513 g/mol. The summed E-state index contributed by atoms with van der Waals surface area (Å²) in [4.78, 5) is 43.8. The standard InChI is InChI=1S/C25H22Cl3N3O4/c1-25(2,3)31(23(33)16-7-5-4-6-8-16)30(22(32)17-9-11-18(26)12-10-17)15-35-24(34)21-19(27)13-14-20(28)29-21/h4-14H,15H2,1-3H3. The zero-order valence-electron chi connectivity index (χ0n) is 19.2. The molecule has 35 heavy (non-hydrogen) atoms. The topological polar surface area (TPSA) is 79.8 Å². The molecule has 0 bridgehead atoms. The van der Waals surface area contributed by atoms with Gasteiger partial charge in [-0.05, 0) is 69.3 Å². The number of esters is 1. The molecular formula is C25H22Cl3N3O4. The Kier molecular flexibility index (Phi) is 8.38. The van der Waals surface area contributed by atoms with Gasteiger partial charge >= 0.3 is 5.97 Å². The van der Waals surface area contributed by atoms with Crippen molar-refractivity contribution in [1.29, 1.82) is 0 Å². The van der Waals surface area contributed by atoms with Crippen molar-refractivity contribution in [3.63, 3.8) is 0 Å². The van der Waals surface area contributed by atoms with Crippen molar-refractivity contribution in [2.45, 2.75) is 26.3 Å². The van der Waals surface area contributed by atoms with Gasteiger partial charge in [0.25, 0.3) is 11.8 Å². The van der Waals surface area contributed by atoms with Crippen molar-refractivity contribution >= 4 is 52.6 Å². The summed E-state index contributed by atoms with van der Waals surface area (Å²) in [5.41, 5.74) is -0.510. The second-order valence-electron chi connectivity index (χ2n) is 8.39. The van der Waals surface area contributed by atoms with Gasteiger partial charge in [0.05, 0.1) is 10.6 Å². The van der Waals surface area contributed by atoms with E-state index in [1.165, 1.54) is 29.3 Å². The van der Waals surface area contributed by atoms with E-state index in [1.807, 2.05) is 0 Å². The molecule has 1 aromatic heterocycles. The van der Waals surface area contributed by atoms with Crippen LogP contribution in [0.2, 0.25) is 15.2 Å². The number of hydrogen-bond donors (Lipinski definition) is 0. The van der Waals surface area contributed by atoms with Gasteiger partial charge < -0.3 is 4.74 Å². The molecule has 0 aliphatic rings. The maximum absolute atomic E-state index is 13.6. The molecule has 0 saturated heterocycles. The summed E-state index contributed by atoms with van der Waals surface area (Å²) in [6, 6.07) is 17.4. The Morgan fingerprint density at radius 3 is 2.03 bits per heavy atom. The number of ether oxygens (including phenoxy) is 1. The van der Waals surface area contributed by atoms with E-state index in [0.29, 0.717) is 10.6 Å². The fourth-order valence-corrected chi connectivity index (χ4v) is 3.63. The molecule has 0 radical (unpaired) electrons. The van der Waals surface area contributed by atoms with Crippen molar-refractivity contribution < 1.29 is 19.1 Å². The molecule has 182 valence electrons. The lowest BCUT2D eigenvalue weighted by Crippen LogP contribution is -2.58. The number of hydrazine groups is 1. The van der Waals surface area contributed by atoms with E-state index in [1.54, 1.807) is 63.2 Å². The lowest BCUT2D eigenvalue weighted by atomic mass is 10.1. The van der Waals surface area contributed by atoms with Crippen LogP contribution in [0.1, 0.15) is 52.0 Å². The van der Waals surface area contributed by atoms with E-state index in [-0.39, 0.29) is 21.4 Å². The molecule has 0 saturated carbocycles. The fourth-order valence-electron chi connectivity index (χ4n) is 3.18. The number of carbonyl (C=O) groups excluding carboxylic acids is 3. The zero-order valence-corrected chi connectivity index (χ0v) is 21.4. The average Bonchev–Trinajstić information content (AvgIpc) is 2.82. The summed E-state index contributed by atoms with van der Waals surface area (Å²) in [5.74, 6) is -1.96. The molecule has 2 amide bonds. The summed E-state index contributed by atoms with van der Waals surface area (Å²) < 4.78 is 5.40. The van der Waals surface area contributed by atoms with Crippen LogP contribution in [-0.4, -0.2) is 45.1 Å². The minimum absolute atomic E-state index is 0.0306. The Labute approximate surface area is 218 Å². The van der Waals surface area contributed by atoms with Crippen LogP contribution < -0.4 is 0 Å². The summed E-state index contributed by atoms with van der Waals surface area (Å²) in [6.45, 7) is 4.67. The highest BCUT2D eigenvalue weighted by Crippen LogP contribution is 2.24. The number of halogens is 3. The van der Waals surface area contributed by atoms with E-state index in [2.05, 4.69) is 4.98 Å². The lowest BCUT2D eigenvalue weighted by Gasteiger charge is -2.42. The first-order valence-electron chi connectivity index (χ1n) is 10.4. The second-order valence-corrected chi connectivity index (χ2v) is 9.62. The molecule has 0 aliphatic heterocycles. The van der Waals surface area contributed by atoms with Crippen molar-refractivity contribution in [3.05, 3.63) is 98.7 Å². The van der Waals surface area contributed by atoms with E-state index in [0.717, 1.165) is 5.01 Å². The number of pyridine rings is 1. The van der Waals surface area contributed by atoms with Gasteiger partial charge in [0, 0.05) is 16.1 Å². The first-order chi connectivity index (χ1) is 16.5. The maximum Gasteiger partial charge on any atom is 0.360 e. The first kappa shape index (κ1) is 26.5. The third-order valence-corrected chi connectivity index (χ3v) is 5.51. The smallest absolute Gasteiger partial charge is 0.360 e. The molecule has 3 aromatic rings. The first-order valence-corrected chi connectivity index (χ1v) is 11.6. The van der Waals surface area contributed by atoms with E-state index in [9.17, 15) is 14.4 Å². The lowest BCUT2D eigenvalue weighted by molar-refractivity contribution is -0.0827. The van der Waals surface area contributed by atoms with Gasteiger partial charge in [0.2, 0.25) is 0 Å². The highest BCUT2D eigenvalue weighted by atomic mass is 35.5. The number of aromatic nitrogens is 1. The molecule has 10 heteroatoms. The Morgan fingerprint density at radius 1 is 0.829 bits per heavy atom. The zero-order chi connectivity index (χ0) is 25.8. The summed E-state index contributed by atoms with van der Waals surface area (Å²) >= 11 is 17.9. The predicted molar refractivity (Wildman–Crippen MR) is 135 cm³/mol. The van der Waals surface area contributed by atoms with Gasteiger partial charge in [-0.25, -0.2) is 19.8 Å². The van der Waals surface area contributed by atoms with Gasteiger partial charge in [-0.3, -0.25) is 9.59 Å². The van der Waals surface area contributed by atoms with Crippen LogP contribution in [0.4, 0.5) is 0 Å². The molecule has 0 aliphatic carbocycles. The van der Waals surface area contributed by atoms with Crippen LogP contribution >= 0.6 is 34.8 Å². The van der Waals surface area contributed by atoms with Crippen LogP contribution in [0.25, 0.3) is 0 Å². The van der Waals surface area contributed by atoms with Crippen LogP contribution in [0, 0.1) is 0 Å². The van der Waals surface area contributed by atoms with E-state index >= 15 is 0 Å². The number of hydrogen-bond acceptors (Lipinski definition) is 5. The van der Waals surface area contributed by atoms with E-state index < -0.39 is 30.1 Å². The predicted octanol–water partition coefficient (Wildman–Crippen LogP) is 6.15. The van der Waals surface area contributed by atoms with E-state index in [4.69, 9.17) is 39.5 Å². The van der Waals surface area contributed by atoms with Gasteiger partial charge in [-0.1, -0.05) is 53.0 Å². The molecule has 3 rings (SSSR count). The normalized spacial score (nSPS) is 11.0. The quantitative estimate of drug-likeness (QED) is 0.170. The fraction of sp³-hybridized carbons (Fsp3) is 0.200. The molecule has 2 aromatic carbocycles. The molecule has 1 heterocycles. The largest absolute Gasteiger partial charge is 0.438 e. The van der Waals surface area contributed by atoms with Crippen molar-refractivity contribution in [1.82, 2.24) is 15.0 Å². The third kappa shape index (κ3) is 6.51. The van der Waals surface area contributed by atoms with Gasteiger partial charge in [0.15, 0.2) is 12.4 Å². The molecule has 0 spiro atoms. The number of amides is 2. The number of nitrogens with zero attached hydrogens (tertiary/aromatic N) is 3. The molecule has 0 atom stereocenters. The Bertz CT molecular complexity index is 1230. The minimum Gasteiger partial charge on any atom is -0.438 e. The van der Waals surface area contributed by atoms with Gasteiger partial charge in [0.1, 0.15) is 5.15 Å². The summed E-state index contributed by atoms with van der Waals surface area (Å²) in [5, 5.41) is 2.83. The van der Waals surface area contributed by atoms with Crippen molar-refractivity contribution in [2.24, 2.45) is 0 Å². The Morgan fingerprint density at radius 2 is 1.43 bits per heavy atom. The highest BCUT2D eigenvalue weighted by molar-refractivity contribution is 6.34. The summed E-state index contributed by atoms with van der Waals surface area (Å²) in [7, 11) is 0. The third-order valence-electron chi connectivity index (χ3n) is 4.74. The van der Waals surface area contributed by atoms with Gasteiger partial charge in [-0.2, -0.15) is 0 Å². The second kappa shape index (κ2) is 11.1. The van der Waals surface area contributed by atoms with Crippen molar-refractivity contribution in [2.75, 3.05) is 6.73 Å². The van der Waals surface area contributed by atoms with Gasteiger partial charge in [-0.15, -0.1) is 0 Å². The highest BCUT2D eigenvalue weighted by Gasteiger charge is 2.37. The monoisotopic (exact) mass is 533 g/mol. The molecule has 7 nitrogen and oxygen atoms in total. The van der Waals surface area contributed by atoms with Crippen LogP contribution in [0.15, 0.2) is 66.7 Å². The van der Waals surface area contributed by atoms with Crippen LogP contribution in [0.5, 0.6) is 0 Å². The molecule has 0 fully saturated rings. The number of carbonyl (C=O) groups is 3. The summed E-state index contributed by atoms with van der Waals surface area (Å²) in [6.07, 6.45) is 0. The molecule has 0 N–H and O–H groups in total. The SMILES string of the molecule is CC(C)(C)N(C(=O)c1ccccc1)N(COC(=O)c1nc(Cl)ccc1Cl)C(=O)c1ccc(Cl)cc1. The molecule has 0 unspecified atom stereocenters. The Balaban J connectivity index is 2.01. The number of rotatable bonds is 5. The maximum atomic E-state index is 13.6. The average molecular weight is 535 g/mol. The van der Waals surface area contributed by atoms with Crippen LogP contribution in [-0.2, 0) is 4.74 Å². The number of benzene rings is 2. The Hall–Kier alpha value is -3.13.